The van der Waals surface area contributed by atoms with E-state index in [2.05, 4.69) is 25.6 Å². The molecule has 3 rings (SSSR count). The predicted octanol–water partition coefficient (Wildman–Crippen LogP) is 5.00. The van der Waals surface area contributed by atoms with Crippen LogP contribution in [0.5, 0.6) is 0 Å². The first kappa shape index (κ1) is 18.8. The highest BCUT2D eigenvalue weighted by molar-refractivity contribution is 7.13. The quantitative estimate of drug-likeness (QED) is 0.445. The van der Waals surface area contributed by atoms with E-state index in [1.807, 2.05) is 0 Å². The Labute approximate surface area is 158 Å². The van der Waals surface area contributed by atoms with Crippen LogP contribution in [0.3, 0.4) is 0 Å². The van der Waals surface area contributed by atoms with Crippen LogP contribution in [0.25, 0.3) is 0 Å². The van der Waals surface area contributed by atoms with E-state index >= 15 is 0 Å². The molecule has 0 unspecified atom stereocenters. The molecule has 0 spiro atoms. The van der Waals surface area contributed by atoms with Crippen molar-refractivity contribution in [1.82, 2.24) is 15.0 Å². The molecule has 2 aromatic heterocycles. The lowest BCUT2D eigenvalue weighted by atomic mass is 10.2. The molecule has 0 aliphatic rings. The van der Waals surface area contributed by atoms with Crippen molar-refractivity contribution in [3.63, 3.8) is 0 Å². The van der Waals surface area contributed by atoms with Gasteiger partial charge in [0.15, 0.2) is 5.13 Å². The molecule has 3 aromatic rings. The number of aromatic nitrogens is 3. The fourth-order valence-corrected chi connectivity index (χ4v) is 2.74. The number of nitrogens with one attached hydrogen (secondary N) is 2. The van der Waals surface area contributed by atoms with E-state index in [4.69, 9.17) is 11.6 Å². The van der Waals surface area contributed by atoms with Crippen LogP contribution >= 0.6 is 22.9 Å². The molecule has 2 heterocycles. The lowest BCUT2D eigenvalue weighted by Crippen LogP contribution is -2.08. The molecule has 2 N–H and O–H groups in total. The molecule has 0 aliphatic carbocycles. The average molecular weight is 417 g/mol. The van der Waals surface area contributed by atoms with E-state index in [1.54, 1.807) is 5.38 Å². The van der Waals surface area contributed by atoms with Gasteiger partial charge in [-0.1, -0.05) is 11.6 Å². The van der Waals surface area contributed by atoms with Gasteiger partial charge in [-0.3, -0.25) is 10.1 Å². The maximum atomic E-state index is 12.9. The number of hydrogen-bond donors (Lipinski definition) is 2. The Bertz CT molecular complexity index is 983. The highest BCUT2D eigenvalue weighted by Crippen LogP contribution is 2.38. The Morgan fingerprint density at radius 2 is 1.85 bits per heavy atom. The first-order valence-electron chi connectivity index (χ1n) is 7.05. The zero-order chi connectivity index (χ0) is 19.6. The molecule has 0 aliphatic heterocycles. The van der Waals surface area contributed by atoms with Crippen molar-refractivity contribution >= 4 is 51.1 Å². The van der Waals surface area contributed by atoms with Gasteiger partial charge in [-0.25, -0.2) is 15.0 Å². The molecule has 13 heteroatoms. The summed E-state index contributed by atoms with van der Waals surface area (Å²) in [5.41, 5.74) is -1.72. The van der Waals surface area contributed by atoms with Crippen LogP contribution in [0.1, 0.15) is 5.56 Å². The molecule has 0 fully saturated rings. The maximum Gasteiger partial charge on any atom is 0.416 e. The van der Waals surface area contributed by atoms with Crippen LogP contribution in [0.4, 0.5) is 41.3 Å². The highest BCUT2D eigenvalue weighted by atomic mass is 35.5. The molecule has 140 valence electrons. The summed E-state index contributed by atoms with van der Waals surface area (Å²) in [7, 11) is 0. The lowest BCUT2D eigenvalue weighted by molar-refractivity contribution is -0.383. The van der Waals surface area contributed by atoms with Crippen molar-refractivity contribution in [2.45, 2.75) is 6.18 Å². The second-order valence-corrected chi connectivity index (χ2v) is 6.26. The van der Waals surface area contributed by atoms with E-state index in [9.17, 15) is 23.3 Å². The van der Waals surface area contributed by atoms with Crippen LogP contribution in [-0.2, 0) is 6.18 Å². The van der Waals surface area contributed by atoms with Gasteiger partial charge < -0.3 is 10.6 Å². The lowest BCUT2D eigenvalue weighted by Gasteiger charge is -2.13. The third-order valence-electron chi connectivity index (χ3n) is 3.21. The summed E-state index contributed by atoms with van der Waals surface area (Å²) in [5.74, 6) is -0.495. The topological polar surface area (TPSA) is 106 Å². The van der Waals surface area contributed by atoms with Crippen LogP contribution < -0.4 is 10.6 Å². The number of nitrogens with zero attached hydrogens (tertiary/aromatic N) is 4. The number of alkyl halides is 3. The van der Waals surface area contributed by atoms with Gasteiger partial charge in [0.2, 0.25) is 11.6 Å². The summed E-state index contributed by atoms with van der Waals surface area (Å²) in [6.07, 6.45) is -2.09. The first-order valence-corrected chi connectivity index (χ1v) is 8.31. The smallest absolute Gasteiger partial charge is 0.333 e. The third-order valence-corrected chi connectivity index (χ3v) is 4.23. The molecule has 0 bridgehead atoms. The molecule has 0 saturated heterocycles. The van der Waals surface area contributed by atoms with Crippen molar-refractivity contribution in [3.05, 3.63) is 56.8 Å². The Hall–Kier alpha value is -2.99. The molecule has 0 saturated carbocycles. The van der Waals surface area contributed by atoms with Crippen LogP contribution in [0.2, 0.25) is 5.02 Å². The van der Waals surface area contributed by atoms with Gasteiger partial charge >= 0.3 is 11.9 Å². The predicted molar refractivity (Wildman–Crippen MR) is 93.8 cm³/mol. The molecule has 0 atom stereocenters. The number of halogens is 4. The van der Waals surface area contributed by atoms with E-state index in [0.717, 1.165) is 24.5 Å². The second-order valence-electron chi connectivity index (χ2n) is 4.96. The van der Waals surface area contributed by atoms with Crippen molar-refractivity contribution in [1.29, 1.82) is 0 Å². The van der Waals surface area contributed by atoms with Gasteiger partial charge in [0.1, 0.15) is 6.33 Å². The van der Waals surface area contributed by atoms with Gasteiger partial charge in [0.05, 0.1) is 21.2 Å². The van der Waals surface area contributed by atoms with E-state index in [0.29, 0.717) is 5.13 Å². The summed E-state index contributed by atoms with van der Waals surface area (Å²) < 4.78 is 38.7. The summed E-state index contributed by atoms with van der Waals surface area (Å²) in [5, 5.41) is 18.6. The summed E-state index contributed by atoms with van der Waals surface area (Å²) >= 11 is 7.10. The van der Waals surface area contributed by atoms with Gasteiger partial charge in [-0.05, 0) is 18.2 Å². The zero-order valence-corrected chi connectivity index (χ0v) is 14.6. The number of anilines is 4. The summed E-state index contributed by atoms with van der Waals surface area (Å²) in [6, 6.07) is 2.58. The fraction of sp³-hybridized carbons (Fsp3) is 0.0714. The summed E-state index contributed by atoms with van der Waals surface area (Å²) in [4.78, 5) is 22.2. The van der Waals surface area contributed by atoms with Gasteiger partial charge in [0.25, 0.3) is 0 Å². The Morgan fingerprint density at radius 1 is 1.15 bits per heavy atom. The van der Waals surface area contributed by atoms with E-state index < -0.39 is 22.4 Å². The van der Waals surface area contributed by atoms with Gasteiger partial charge in [-0.2, -0.15) is 13.2 Å². The van der Waals surface area contributed by atoms with Crippen molar-refractivity contribution in [2.24, 2.45) is 0 Å². The van der Waals surface area contributed by atoms with Gasteiger partial charge in [-0.15, -0.1) is 11.3 Å². The Morgan fingerprint density at radius 3 is 2.44 bits per heavy atom. The molecule has 0 amide bonds. The Kier molecular flexibility index (Phi) is 5.10. The third kappa shape index (κ3) is 4.23. The maximum absolute atomic E-state index is 12.9. The number of nitro groups is 1. The van der Waals surface area contributed by atoms with E-state index in [1.165, 1.54) is 17.5 Å². The van der Waals surface area contributed by atoms with Gasteiger partial charge in [0, 0.05) is 11.6 Å². The van der Waals surface area contributed by atoms with Crippen LogP contribution in [0.15, 0.2) is 36.1 Å². The molecular weight excluding hydrogens is 409 g/mol. The number of thiazole rings is 1. The number of rotatable bonds is 5. The zero-order valence-electron chi connectivity index (χ0n) is 13.0. The normalized spacial score (nSPS) is 11.3. The molecule has 0 radical (unpaired) electrons. The standard InChI is InChI=1S/C14H8ClF3N6O2S/c15-8-2-1-7(14(16,17)18)5-9(8)22-11-10(24(25)26)12(21-6-20-11)23-13-19-3-4-27-13/h1-6H,(H2,19,20,21,22,23). The second kappa shape index (κ2) is 7.32. The van der Waals surface area contributed by atoms with Crippen molar-refractivity contribution in [2.75, 3.05) is 10.6 Å². The van der Waals surface area contributed by atoms with Crippen molar-refractivity contribution < 1.29 is 18.1 Å². The first-order chi connectivity index (χ1) is 12.8. The van der Waals surface area contributed by atoms with Crippen LogP contribution in [0, 0.1) is 10.1 Å². The van der Waals surface area contributed by atoms with Crippen molar-refractivity contribution in [3.8, 4) is 0 Å². The largest absolute Gasteiger partial charge is 0.416 e. The minimum absolute atomic E-state index is 0.0645. The fourth-order valence-electron chi connectivity index (χ4n) is 2.05. The molecule has 27 heavy (non-hydrogen) atoms. The average Bonchev–Trinajstić information content (AvgIpc) is 3.08. The number of hydrogen-bond acceptors (Lipinski definition) is 8. The monoisotopic (exact) mass is 416 g/mol. The summed E-state index contributed by atoms with van der Waals surface area (Å²) in [6.45, 7) is 0. The van der Waals surface area contributed by atoms with Crippen LogP contribution in [-0.4, -0.2) is 19.9 Å². The minimum atomic E-state index is -4.60. The van der Waals surface area contributed by atoms with E-state index in [-0.39, 0.29) is 22.3 Å². The highest BCUT2D eigenvalue weighted by Gasteiger charge is 2.31. The molecule has 8 nitrogen and oxygen atoms in total. The SMILES string of the molecule is O=[N+]([O-])c1c(Nc2nccs2)ncnc1Nc1cc(C(F)(F)F)ccc1Cl. The minimum Gasteiger partial charge on any atom is -0.333 e. The molecular formula is C14H8ClF3N6O2S. The Balaban J connectivity index is 2.01. The molecule has 1 aromatic carbocycles. The number of benzene rings is 1.